The lowest BCUT2D eigenvalue weighted by atomic mass is 10.0. The van der Waals surface area contributed by atoms with Crippen molar-refractivity contribution < 1.29 is 4.92 Å². The van der Waals surface area contributed by atoms with E-state index < -0.39 is 4.92 Å². The Bertz CT molecular complexity index is 426. The van der Waals surface area contributed by atoms with E-state index in [4.69, 9.17) is 0 Å². The number of nitrogens with one attached hydrogen (secondary N) is 1. The van der Waals surface area contributed by atoms with Crippen molar-refractivity contribution in [2.45, 2.75) is 25.4 Å². The predicted octanol–water partition coefficient (Wildman–Crippen LogP) is 1.99. The third-order valence-corrected chi connectivity index (χ3v) is 3.36. The summed E-state index contributed by atoms with van der Waals surface area (Å²) >= 11 is 0. The molecule has 0 amide bonds. The zero-order valence-electron chi connectivity index (χ0n) is 10.9. The number of hydrogen-bond donors (Lipinski definition) is 1. The molecule has 1 N–H and O–H groups in total. The number of piperidine rings is 1. The second-order valence-corrected chi connectivity index (χ2v) is 4.80. The lowest BCUT2D eigenvalue weighted by Crippen LogP contribution is -2.40. The zero-order chi connectivity index (χ0) is 13.5. The molecular weight excluding hydrogens is 242 g/mol. The van der Waals surface area contributed by atoms with Gasteiger partial charge in [0.15, 0.2) is 0 Å². The van der Waals surface area contributed by atoms with Gasteiger partial charge in [-0.25, -0.2) is 0 Å². The van der Waals surface area contributed by atoms with E-state index in [9.17, 15) is 10.1 Å². The summed E-state index contributed by atoms with van der Waals surface area (Å²) in [5.74, 6) is 0. The Morgan fingerprint density at radius 3 is 2.63 bits per heavy atom. The highest BCUT2D eigenvalue weighted by atomic mass is 16.6. The minimum absolute atomic E-state index is 0.350. The van der Waals surface area contributed by atoms with Crippen molar-refractivity contribution in [2.24, 2.45) is 0 Å². The Balaban J connectivity index is 1.72. The topological polar surface area (TPSA) is 58.4 Å². The summed E-state index contributed by atoms with van der Waals surface area (Å²) < 4.78 is 0. The molecule has 2 rings (SSSR count). The first kappa shape index (κ1) is 13.5. The van der Waals surface area contributed by atoms with E-state index >= 15 is 0 Å². The molecule has 1 aliphatic rings. The minimum atomic E-state index is -0.447. The van der Waals surface area contributed by atoms with Crippen LogP contribution in [-0.2, 0) is 6.54 Å². The molecule has 1 aromatic rings. The minimum Gasteiger partial charge on any atom is -0.383 e. The average molecular weight is 261 g/mol. The smallest absolute Gasteiger partial charge is 0.249 e. The largest absolute Gasteiger partial charge is 0.383 e. The van der Waals surface area contributed by atoms with Crippen molar-refractivity contribution in [3.8, 4) is 0 Å². The van der Waals surface area contributed by atoms with E-state index in [1.807, 2.05) is 6.07 Å². The van der Waals surface area contributed by atoms with Gasteiger partial charge in [-0.2, -0.15) is 0 Å². The highest BCUT2D eigenvalue weighted by Gasteiger charge is 2.18. The number of rotatable bonds is 5. The normalized spacial score (nSPS) is 17.7. The molecule has 1 heterocycles. The van der Waals surface area contributed by atoms with Crippen molar-refractivity contribution >= 4 is 0 Å². The van der Waals surface area contributed by atoms with Crippen LogP contribution in [0.4, 0.5) is 0 Å². The Hall–Kier alpha value is -1.88. The highest BCUT2D eigenvalue weighted by molar-refractivity contribution is 5.14. The summed E-state index contributed by atoms with van der Waals surface area (Å²) in [7, 11) is 0. The zero-order valence-corrected chi connectivity index (χ0v) is 10.9. The van der Waals surface area contributed by atoms with Crippen LogP contribution in [0.15, 0.2) is 42.7 Å². The van der Waals surface area contributed by atoms with Crippen LogP contribution >= 0.6 is 0 Å². The summed E-state index contributed by atoms with van der Waals surface area (Å²) in [5.41, 5.74) is 1.34. The van der Waals surface area contributed by atoms with Crippen LogP contribution in [0.2, 0.25) is 0 Å². The fourth-order valence-electron chi connectivity index (χ4n) is 2.34. The molecule has 0 radical (unpaired) electrons. The molecule has 0 aromatic heterocycles. The van der Waals surface area contributed by atoms with Gasteiger partial charge in [0.2, 0.25) is 6.20 Å². The summed E-state index contributed by atoms with van der Waals surface area (Å²) in [6.07, 6.45) is 4.44. The molecule has 1 aromatic carbocycles. The van der Waals surface area contributed by atoms with Gasteiger partial charge in [-0.1, -0.05) is 30.3 Å². The van der Waals surface area contributed by atoms with Crippen molar-refractivity contribution in [3.63, 3.8) is 0 Å². The van der Waals surface area contributed by atoms with Gasteiger partial charge in [-0.3, -0.25) is 15.0 Å². The van der Waals surface area contributed by atoms with E-state index in [1.165, 1.54) is 11.8 Å². The monoisotopic (exact) mass is 261 g/mol. The molecular formula is C14H19N3O2. The van der Waals surface area contributed by atoms with Crippen LogP contribution in [0, 0.1) is 10.1 Å². The molecule has 5 heteroatoms. The van der Waals surface area contributed by atoms with Gasteiger partial charge >= 0.3 is 0 Å². The Morgan fingerprint density at radius 1 is 1.32 bits per heavy atom. The summed E-state index contributed by atoms with van der Waals surface area (Å²) in [6, 6.07) is 10.8. The van der Waals surface area contributed by atoms with Crippen LogP contribution in [0.25, 0.3) is 0 Å². The average Bonchev–Trinajstić information content (AvgIpc) is 2.42. The fourth-order valence-corrected chi connectivity index (χ4v) is 2.34. The van der Waals surface area contributed by atoms with E-state index in [0.29, 0.717) is 6.04 Å². The first-order valence-corrected chi connectivity index (χ1v) is 6.56. The number of benzene rings is 1. The third-order valence-electron chi connectivity index (χ3n) is 3.36. The molecule has 0 bridgehead atoms. The maximum absolute atomic E-state index is 10.2. The van der Waals surface area contributed by atoms with Gasteiger partial charge in [0.25, 0.3) is 0 Å². The molecule has 0 saturated carbocycles. The highest BCUT2D eigenvalue weighted by Crippen LogP contribution is 2.13. The van der Waals surface area contributed by atoms with Crippen LogP contribution < -0.4 is 5.32 Å². The first-order chi connectivity index (χ1) is 9.24. The van der Waals surface area contributed by atoms with E-state index in [0.717, 1.165) is 38.7 Å². The SMILES string of the molecule is O=[N+]([O-])/C=C\NC1CCN(Cc2ccccc2)CC1. The van der Waals surface area contributed by atoms with Crippen molar-refractivity contribution in [1.82, 2.24) is 10.2 Å². The molecule has 0 unspecified atom stereocenters. The van der Waals surface area contributed by atoms with Crippen molar-refractivity contribution in [1.29, 1.82) is 0 Å². The second-order valence-electron chi connectivity index (χ2n) is 4.80. The van der Waals surface area contributed by atoms with Crippen LogP contribution in [0.5, 0.6) is 0 Å². The first-order valence-electron chi connectivity index (χ1n) is 6.56. The number of nitrogens with zero attached hydrogens (tertiary/aromatic N) is 2. The molecule has 19 heavy (non-hydrogen) atoms. The Kier molecular flexibility index (Phi) is 4.92. The number of likely N-dealkylation sites (tertiary alicyclic amines) is 1. The van der Waals surface area contributed by atoms with E-state index in [1.54, 1.807) is 0 Å². The number of hydrogen-bond acceptors (Lipinski definition) is 4. The molecule has 1 fully saturated rings. The molecule has 0 spiro atoms. The van der Waals surface area contributed by atoms with Gasteiger partial charge < -0.3 is 5.32 Å². The predicted molar refractivity (Wildman–Crippen MR) is 74.0 cm³/mol. The molecule has 0 atom stereocenters. The summed E-state index contributed by atoms with van der Waals surface area (Å²) in [6.45, 7) is 3.04. The third kappa shape index (κ3) is 4.71. The quantitative estimate of drug-likeness (QED) is 0.650. The standard InChI is InChI=1S/C14H19N3O2/c18-17(19)11-8-15-14-6-9-16(10-7-14)12-13-4-2-1-3-5-13/h1-5,8,11,14-15H,6-7,9-10,12H2/b11-8-. The molecule has 5 nitrogen and oxygen atoms in total. The van der Waals surface area contributed by atoms with Crippen molar-refractivity contribution in [3.05, 3.63) is 58.4 Å². The Labute approximate surface area is 113 Å². The summed E-state index contributed by atoms with van der Waals surface area (Å²) in [5, 5.41) is 13.3. The fraction of sp³-hybridized carbons (Fsp3) is 0.429. The summed E-state index contributed by atoms with van der Waals surface area (Å²) in [4.78, 5) is 12.1. The lowest BCUT2D eigenvalue weighted by molar-refractivity contribution is -0.402. The van der Waals surface area contributed by atoms with E-state index in [-0.39, 0.29) is 0 Å². The van der Waals surface area contributed by atoms with Crippen LogP contribution in [-0.4, -0.2) is 29.0 Å². The van der Waals surface area contributed by atoms with Crippen molar-refractivity contribution in [2.75, 3.05) is 13.1 Å². The maximum atomic E-state index is 10.2. The number of nitro groups is 1. The molecule has 1 aliphatic heterocycles. The van der Waals surface area contributed by atoms with Gasteiger partial charge in [0.05, 0.1) is 11.1 Å². The second kappa shape index (κ2) is 6.89. The lowest BCUT2D eigenvalue weighted by Gasteiger charge is -2.31. The molecule has 1 saturated heterocycles. The van der Waals surface area contributed by atoms with Gasteiger partial charge in [0.1, 0.15) is 0 Å². The van der Waals surface area contributed by atoms with E-state index in [2.05, 4.69) is 34.5 Å². The molecule has 0 aliphatic carbocycles. The van der Waals surface area contributed by atoms with Gasteiger partial charge in [-0.05, 0) is 18.4 Å². The van der Waals surface area contributed by atoms with Gasteiger partial charge in [-0.15, -0.1) is 0 Å². The molecule has 102 valence electrons. The van der Waals surface area contributed by atoms with Crippen LogP contribution in [0.1, 0.15) is 18.4 Å². The van der Waals surface area contributed by atoms with Gasteiger partial charge in [0, 0.05) is 25.7 Å². The Morgan fingerprint density at radius 2 is 2.00 bits per heavy atom. The van der Waals surface area contributed by atoms with Crippen LogP contribution in [0.3, 0.4) is 0 Å². The maximum Gasteiger partial charge on any atom is 0.249 e.